The van der Waals surface area contributed by atoms with Gasteiger partial charge in [-0.05, 0) is 68.7 Å². The molecule has 3 aromatic rings. The Morgan fingerprint density at radius 3 is 2.41 bits per heavy atom. The van der Waals surface area contributed by atoms with Crippen molar-refractivity contribution >= 4 is 33.5 Å². The van der Waals surface area contributed by atoms with Crippen LogP contribution in [0.5, 0.6) is 17.4 Å². The van der Waals surface area contributed by atoms with Crippen molar-refractivity contribution in [3.8, 4) is 23.4 Å². The third-order valence-electron chi connectivity index (χ3n) is 12.2. The molecule has 4 heterocycles. The molecule has 0 bridgehead atoms. The Labute approximate surface area is 331 Å². The van der Waals surface area contributed by atoms with Gasteiger partial charge in [-0.15, -0.1) is 0 Å². The summed E-state index contributed by atoms with van der Waals surface area (Å²) < 4.78 is 92.6. The number of methoxy groups -OCH3 is 2. The van der Waals surface area contributed by atoms with Gasteiger partial charge in [-0.1, -0.05) is 0 Å². The number of nitrogens with zero attached hydrogens (tertiary/aromatic N) is 4. The summed E-state index contributed by atoms with van der Waals surface area (Å²) in [6, 6.07) is 12.4. The quantitative estimate of drug-likeness (QED) is 0.269. The number of benzene rings is 2. The number of ether oxygens (including phenoxy) is 4. The zero-order valence-corrected chi connectivity index (χ0v) is 32.4. The molecule has 306 valence electrons. The number of nitrogens with one attached hydrogen (secondary N) is 2. The van der Waals surface area contributed by atoms with Gasteiger partial charge in [0.05, 0.1) is 49.6 Å². The molecule has 58 heavy (non-hydrogen) atoms. The SMILES string of the molecule is CCOc1ncccc1C1(NC(=O)C2CC3(CC(N4CC5(CNC5)C4)C3)C2OC(=O)C(F)(F)F)C(=O)N(S(=O)(=O)c2ccc(OC)cc2OC)c2ccc(C#N)cc21. The summed E-state index contributed by atoms with van der Waals surface area (Å²) in [7, 11) is -2.31. The van der Waals surface area contributed by atoms with Gasteiger partial charge in [0, 0.05) is 60.9 Å². The molecular weight excluding hydrogens is 786 g/mol. The molecule has 2 saturated heterocycles. The van der Waals surface area contributed by atoms with E-state index in [9.17, 15) is 36.4 Å². The lowest BCUT2D eigenvalue weighted by atomic mass is 9.47. The fraction of sp³-hybridized carbons (Fsp3) is 0.462. The van der Waals surface area contributed by atoms with E-state index in [1.165, 1.54) is 68.9 Å². The van der Waals surface area contributed by atoms with E-state index >= 15 is 4.79 Å². The number of pyridine rings is 1. The van der Waals surface area contributed by atoms with E-state index in [1.807, 2.05) is 6.07 Å². The van der Waals surface area contributed by atoms with Gasteiger partial charge in [0.1, 0.15) is 22.5 Å². The molecule has 3 unspecified atom stereocenters. The monoisotopic (exact) mass is 824 g/mol. The molecule has 2 spiro atoms. The molecule has 1 aromatic heterocycles. The van der Waals surface area contributed by atoms with Crippen LogP contribution in [0.1, 0.15) is 42.9 Å². The van der Waals surface area contributed by atoms with Crippen LogP contribution in [-0.4, -0.2) is 101 Å². The molecule has 3 atom stereocenters. The van der Waals surface area contributed by atoms with Crippen molar-refractivity contribution in [1.82, 2.24) is 20.5 Å². The molecule has 2 aromatic carbocycles. The summed E-state index contributed by atoms with van der Waals surface area (Å²) in [4.78, 5) is 48.5. The lowest BCUT2D eigenvalue weighted by molar-refractivity contribution is -0.250. The number of sulfonamides is 1. The van der Waals surface area contributed by atoms with Crippen molar-refractivity contribution in [2.45, 2.75) is 54.9 Å². The van der Waals surface area contributed by atoms with E-state index in [0.717, 1.165) is 26.2 Å². The highest BCUT2D eigenvalue weighted by molar-refractivity contribution is 7.93. The first-order chi connectivity index (χ1) is 27.6. The number of carbonyl (C=O) groups excluding carboxylic acids is 3. The Balaban J connectivity index is 1.21. The average Bonchev–Trinajstić information content (AvgIpc) is 3.39. The number of carbonyl (C=O) groups is 3. The summed E-state index contributed by atoms with van der Waals surface area (Å²) in [6.45, 7) is 5.11. The molecule has 2 amide bonds. The van der Waals surface area contributed by atoms with Crippen LogP contribution in [0.2, 0.25) is 0 Å². The van der Waals surface area contributed by atoms with Crippen molar-refractivity contribution in [3.05, 3.63) is 71.4 Å². The number of amides is 2. The van der Waals surface area contributed by atoms with Gasteiger partial charge in [-0.25, -0.2) is 18.2 Å². The van der Waals surface area contributed by atoms with Crippen LogP contribution < -0.4 is 29.1 Å². The summed E-state index contributed by atoms with van der Waals surface area (Å²) in [5, 5.41) is 16.0. The van der Waals surface area contributed by atoms with Crippen LogP contribution in [0.25, 0.3) is 0 Å². The first kappa shape index (κ1) is 39.4. The molecule has 5 aliphatic rings. The number of nitriles is 1. The second kappa shape index (κ2) is 13.8. The van der Waals surface area contributed by atoms with Crippen LogP contribution in [-0.2, 0) is 34.7 Å². The van der Waals surface area contributed by atoms with E-state index < -0.39 is 61.9 Å². The standard InChI is InChI=1S/C39H39F3N6O9S/c1-4-56-33-26(6-5-11-45-33)38(27-12-22(17-43)7-9-28(27)48(34(38)50)58(52,53)30-10-8-24(54-2)13-29(30)55-3)46-32(49)25-16-37(31(25)57-35(51)39(40,41)42)14-23(15-37)47-20-36(21-47)18-44-19-36/h5-13,23,25,31,44H,4,14-16,18-21H2,1-3H3,(H,46,49). The fourth-order valence-electron chi connectivity index (χ4n) is 9.30. The minimum atomic E-state index is -5.35. The maximum absolute atomic E-state index is 15.3. The molecule has 0 radical (unpaired) electrons. The minimum absolute atomic E-state index is 0.0150. The number of esters is 1. The minimum Gasteiger partial charge on any atom is -0.497 e. The van der Waals surface area contributed by atoms with E-state index in [-0.39, 0.29) is 64.2 Å². The van der Waals surface area contributed by atoms with Gasteiger partial charge in [-0.3, -0.25) is 14.5 Å². The van der Waals surface area contributed by atoms with Crippen LogP contribution in [0.4, 0.5) is 18.9 Å². The van der Waals surface area contributed by atoms with Crippen molar-refractivity contribution in [2.75, 3.05) is 51.3 Å². The average molecular weight is 825 g/mol. The van der Waals surface area contributed by atoms with E-state index in [1.54, 1.807) is 6.92 Å². The molecule has 8 rings (SSSR count). The highest BCUT2D eigenvalue weighted by Crippen LogP contribution is 2.63. The normalized spacial score (nSPS) is 26.9. The Bertz CT molecular complexity index is 2350. The number of anilines is 1. The number of fused-ring (bicyclic) bond motifs is 1. The smallest absolute Gasteiger partial charge is 0.490 e. The lowest BCUT2D eigenvalue weighted by Gasteiger charge is -2.67. The first-order valence-electron chi connectivity index (χ1n) is 18.6. The largest absolute Gasteiger partial charge is 0.497 e. The van der Waals surface area contributed by atoms with Gasteiger partial charge in [0.25, 0.3) is 15.9 Å². The summed E-state index contributed by atoms with van der Waals surface area (Å²) in [5.41, 5.74) is -3.76. The Morgan fingerprint density at radius 1 is 1.05 bits per heavy atom. The molecule has 15 nitrogen and oxygen atoms in total. The number of halogens is 3. The predicted octanol–water partition coefficient (Wildman–Crippen LogP) is 3.01. The summed E-state index contributed by atoms with van der Waals surface area (Å²) in [5.74, 6) is -6.16. The third-order valence-corrected chi connectivity index (χ3v) is 13.9. The topological polar surface area (TPSA) is 189 Å². The zero-order valence-electron chi connectivity index (χ0n) is 31.6. The predicted molar refractivity (Wildman–Crippen MR) is 196 cm³/mol. The van der Waals surface area contributed by atoms with Crippen LogP contribution in [0, 0.1) is 28.1 Å². The van der Waals surface area contributed by atoms with Gasteiger partial charge in [-0.2, -0.15) is 22.7 Å². The third kappa shape index (κ3) is 5.94. The highest BCUT2D eigenvalue weighted by atomic mass is 32.2. The Kier molecular flexibility index (Phi) is 9.40. The summed E-state index contributed by atoms with van der Waals surface area (Å²) >= 11 is 0. The van der Waals surface area contributed by atoms with Crippen molar-refractivity contribution in [1.29, 1.82) is 5.26 Å². The maximum Gasteiger partial charge on any atom is 0.490 e. The lowest BCUT2D eigenvalue weighted by Crippen LogP contribution is -2.76. The molecule has 2 N–H and O–H groups in total. The molecule has 2 aliphatic carbocycles. The number of alkyl halides is 3. The van der Waals surface area contributed by atoms with Crippen LogP contribution >= 0.6 is 0 Å². The molecule has 2 saturated carbocycles. The number of aromatic nitrogens is 1. The molecular formula is C39H39F3N6O9S. The van der Waals surface area contributed by atoms with Crippen molar-refractivity contribution < 1.29 is 54.9 Å². The van der Waals surface area contributed by atoms with Gasteiger partial charge in [0.15, 0.2) is 5.54 Å². The highest BCUT2D eigenvalue weighted by Gasteiger charge is 2.69. The second-order valence-electron chi connectivity index (χ2n) is 15.5. The summed E-state index contributed by atoms with van der Waals surface area (Å²) in [6.07, 6.45) is -4.71. The van der Waals surface area contributed by atoms with E-state index in [4.69, 9.17) is 18.9 Å². The Morgan fingerprint density at radius 2 is 1.79 bits per heavy atom. The maximum atomic E-state index is 15.3. The fourth-order valence-corrected chi connectivity index (χ4v) is 10.9. The molecule has 3 aliphatic heterocycles. The second-order valence-corrected chi connectivity index (χ2v) is 17.3. The van der Waals surface area contributed by atoms with Crippen molar-refractivity contribution in [3.63, 3.8) is 0 Å². The number of hydrogen-bond donors (Lipinski definition) is 2. The Hall–Kier alpha value is -5.45. The number of likely N-dealkylation sites (tertiary alicyclic amines) is 1. The van der Waals surface area contributed by atoms with Gasteiger partial charge >= 0.3 is 12.1 Å². The van der Waals surface area contributed by atoms with Gasteiger partial charge in [0.2, 0.25) is 11.8 Å². The van der Waals surface area contributed by atoms with Crippen LogP contribution in [0.15, 0.2) is 59.6 Å². The zero-order chi connectivity index (χ0) is 41.4. The number of rotatable bonds is 11. The molecule has 19 heteroatoms. The van der Waals surface area contributed by atoms with Crippen molar-refractivity contribution in [2.24, 2.45) is 16.7 Å². The van der Waals surface area contributed by atoms with E-state index in [2.05, 4.69) is 20.5 Å². The van der Waals surface area contributed by atoms with Crippen LogP contribution in [0.3, 0.4) is 0 Å². The molecule has 4 fully saturated rings. The van der Waals surface area contributed by atoms with E-state index in [0.29, 0.717) is 17.1 Å². The first-order valence-corrected chi connectivity index (χ1v) is 20.0. The number of hydrogen-bond acceptors (Lipinski definition) is 13. The van der Waals surface area contributed by atoms with Gasteiger partial charge < -0.3 is 29.6 Å².